The molecule has 0 aliphatic carbocycles. The summed E-state index contributed by atoms with van der Waals surface area (Å²) in [6, 6.07) is 5.09. The van der Waals surface area contributed by atoms with Crippen molar-refractivity contribution in [2.75, 3.05) is 31.5 Å². The van der Waals surface area contributed by atoms with Gasteiger partial charge in [0.2, 0.25) is 0 Å². The molecule has 0 unspecified atom stereocenters. The summed E-state index contributed by atoms with van der Waals surface area (Å²) in [4.78, 5) is 13.0. The highest BCUT2D eigenvalue weighted by atomic mass is 79.9. The van der Waals surface area contributed by atoms with E-state index < -0.39 is 0 Å². The average molecular weight is 328 g/mol. The summed E-state index contributed by atoms with van der Waals surface area (Å²) in [5.41, 5.74) is 0.713. The van der Waals surface area contributed by atoms with E-state index in [1.165, 1.54) is 32.0 Å². The SMILES string of the molecule is O=[N+]([O-])c1cc(Br)ccc1NCCCN1CCCC1. The van der Waals surface area contributed by atoms with Crippen molar-refractivity contribution in [2.45, 2.75) is 19.3 Å². The van der Waals surface area contributed by atoms with Crippen molar-refractivity contribution in [3.05, 3.63) is 32.8 Å². The van der Waals surface area contributed by atoms with Crippen LogP contribution in [0.4, 0.5) is 11.4 Å². The molecule has 0 bridgehead atoms. The normalized spacial score (nSPS) is 15.6. The molecule has 1 saturated heterocycles. The second-order valence-corrected chi connectivity index (χ2v) is 5.66. The summed E-state index contributed by atoms with van der Waals surface area (Å²) in [6.45, 7) is 4.22. The fraction of sp³-hybridized carbons (Fsp3) is 0.538. The van der Waals surface area contributed by atoms with Gasteiger partial charge in [0.1, 0.15) is 5.69 Å². The van der Waals surface area contributed by atoms with Crippen molar-refractivity contribution >= 4 is 27.3 Å². The van der Waals surface area contributed by atoms with Crippen LogP contribution in [0.5, 0.6) is 0 Å². The van der Waals surface area contributed by atoms with Crippen molar-refractivity contribution in [2.24, 2.45) is 0 Å². The van der Waals surface area contributed by atoms with E-state index in [4.69, 9.17) is 0 Å². The fourth-order valence-electron chi connectivity index (χ4n) is 2.34. The van der Waals surface area contributed by atoms with Gasteiger partial charge in [-0.1, -0.05) is 15.9 Å². The Morgan fingerprint density at radius 2 is 2.11 bits per heavy atom. The predicted molar refractivity (Wildman–Crippen MR) is 79.6 cm³/mol. The van der Waals surface area contributed by atoms with E-state index in [-0.39, 0.29) is 10.6 Å². The third-order valence-electron chi connectivity index (χ3n) is 3.32. The summed E-state index contributed by atoms with van der Waals surface area (Å²) in [6.07, 6.45) is 3.60. The topological polar surface area (TPSA) is 58.4 Å². The van der Waals surface area contributed by atoms with E-state index in [0.717, 1.165) is 24.0 Å². The van der Waals surface area contributed by atoms with Gasteiger partial charge in [0.25, 0.3) is 5.69 Å². The van der Waals surface area contributed by atoms with Crippen LogP contribution in [0.3, 0.4) is 0 Å². The maximum Gasteiger partial charge on any atom is 0.293 e. The minimum Gasteiger partial charge on any atom is -0.379 e. The average Bonchev–Trinajstić information content (AvgIpc) is 2.89. The highest BCUT2D eigenvalue weighted by Crippen LogP contribution is 2.27. The first-order valence-corrected chi connectivity index (χ1v) is 7.36. The maximum absolute atomic E-state index is 11.0. The molecule has 1 aromatic rings. The van der Waals surface area contributed by atoms with Crippen LogP contribution in [-0.2, 0) is 0 Å². The van der Waals surface area contributed by atoms with Crippen molar-refractivity contribution in [1.29, 1.82) is 0 Å². The third kappa shape index (κ3) is 4.18. The fourth-order valence-corrected chi connectivity index (χ4v) is 2.69. The number of anilines is 1. The van der Waals surface area contributed by atoms with Crippen LogP contribution in [0.2, 0.25) is 0 Å². The Kier molecular flexibility index (Phi) is 5.15. The largest absolute Gasteiger partial charge is 0.379 e. The lowest BCUT2D eigenvalue weighted by molar-refractivity contribution is -0.384. The lowest BCUT2D eigenvalue weighted by atomic mass is 10.2. The number of nitro groups is 1. The predicted octanol–water partition coefficient (Wildman–Crippen LogP) is 3.26. The van der Waals surface area contributed by atoms with Gasteiger partial charge < -0.3 is 10.2 Å². The summed E-state index contributed by atoms with van der Waals surface area (Å²) in [7, 11) is 0. The molecular weight excluding hydrogens is 310 g/mol. The van der Waals surface area contributed by atoms with Crippen LogP contribution in [0, 0.1) is 10.1 Å². The van der Waals surface area contributed by atoms with Crippen LogP contribution in [0.25, 0.3) is 0 Å². The van der Waals surface area contributed by atoms with Gasteiger partial charge in [-0.25, -0.2) is 0 Å². The molecule has 0 aromatic heterocycles. The zero-order valence-corrected chi connectivity index (χ0v) is 12.4. The third-order valence-corrected chi connectivity index (χ3v) is 3.81. The minimum absolute atomic E-state index is 0.121. The number of hydrogen-bond acceptors (Lipinski definition) is 4. The van der Waals surface area contributed by atoms with E-state index in [9.17, 15) is 10.1 Å². The van der Waals surface area contributed by atoms with Crippen LogP contribution < -0.4 is 5.32 Å². The van der Waals surface area contributed by atoms with Gasteiger partial charge in [0.15, 0.2) is 0 Å². The standard InChI is InChI=1S/C13H18BrN3O2/c14-11-4-5-12(13(10-11)17(18)19)15-6-3-9-16-7-1-2-8-16/h4-5,10,15H,1-3,6-9H2. The molecule has 6 heteroatoms. The first kappa shape index (κ1) is 14.3. The Morgan fingerprint density at radius 3 is 2.79 bits per heavy atom. The molecule has 2 rings (SSSR count). The minimum atomic E-state index is -0.354. The zero-order valence-electron chi connectivity index (χ0n) is 10.8. The summed E-state index contributed by atoms with van der Waals surface area (Å²) in [5.74, 6) is 0. The molecule has 19 heavy (non-hydrogen) atoms. The Hall–Kier alpha value is -1.14. The number of hydrogen-bond donors (Lipinski definition) is 1. The zero-order chi connectivity index (χ0) is 13.7. The molecule has 1 aliphatic rings. The second-order valence-electron chi connectivity index (χ2n) is 4.75. The number of nitrogens with zero attached hydrogens (tertiary/aromatic N) is 2. The van der Waals surface area contributed by atoms with E-state index in [1.54, 1.807) is 6.07 Å². The van der Waals surface area contributed by atoms with E-state index in [1.807, 2.05) is 6.07 Å². The van der Waals surface area contributed by atoms with Crippen LogP contribution in [0.1, 0.15) is 19.3 Å². The Bertz CT molecular complexity index is 448. The van der Waals surface area contributed by atoms with Crippen LogP contribution in [-0.4, -0.2) is 36.0 Å². The molecule has 0 spiro atoms. The van der Waals surface area contributed by atoms with Gasteiger partial charge in [-0.3, -0.25) is 10.1 Å². The first-order valence-electron chi connectivity index (χ1n) is 6.57. The van der Waals surface area contributed by atoms with Gasteiger partial charge >= 0.3 is 0 Å². The van der Waals surface area contributed by atoms with Crippen LogP contribution >= 0.6 is 15.9 Å². The van der Waals surface area contributed by atoms with E-state index in [2.05, 4.69) is 26.1 Å². The highest BCUT2D eigenvalue weighted by molar-refractivity contribution is 9.10. The van der Waals surface area contributed by atoms with Gasteiger partial charge in [-0.15, -0.1) is 0 Å². The van der Waals surface area contributed by atoms with Crippen molar-refractivity contribution in [1.82, 2.24) is 4.90 Å². The van der Waals surface area contributed by atoms with Gasteiger partial charge in [0, 0.05) is 17.1 Å². The molecule has 0 amide bonds. The number of likely N-dealkylation sites (tertiary alicyclic amines) is 1. The molecule has 1 aromatic carbocycles. The summed E-state index contributed by atoms with van der Waals surface area (Å²) in [5, 5.41) is 14.1. The Balaban J connectivity index is 1.83. The van der Waals surface area contributed by atoms with Gasteiger partial charge in [-0.2, -0.15) is 0 Å². The number of halogens is 1. The number of benzene rings is 1. The molecule has 0 atom stereocenters. The second kappa shape index (κ2) is 6.86. The lowest BCUT2D eigenvalue weighted by Gasteiger charge is -2.14. The molecule has 1 fully saturated rings. The summed E-state index contributed by atoms with van der Waals surface area (Å²) >= 11 is 3.25. The van der Waals surface area contributed by atoms with Crippen molar-refractivity contribution in [3.8, 4) is 0 Å². The Labute approximate surface area is 121 Å². The highest BCUT2D eigenvalue weighted by Gasteiger charge is 2.14. The van der Waals surface area contributed by atoms with Crippen molar-refractivity contribution in [3.63, 3.8) is 0 Å². The smallest absolute Gasteiger partial charge is 0.293 e. The number of nitrogens with one attached hydrogen (secondary N) is 1. The van der Waals surface area contributed by atoms with Gasteiger partial charge in [0.05, 0.1) is 4.92 Å². The number of rotatable bonds is 6. The Morgan fingerprint density at radius 1 is 1.37 bits per heavy atom. The van der Waals surface area contributed by atoms with Crippen LogP contribution in [0.15, 0.2) is 22.7 Å². The van der Waals surface area contributed by atoms with Crippen molar-refractivity contribution < 1.29 is 4.92 Å². The molecular formula is C13H18BrN3O2. The van der Waals surface area contributed by atoms with E-state index in [0.29, 0.717) is 5.69 Å². The van der Waals surface area contributed by atoms with Gasteiger partial charge in [-0.05, 0) is 51.0 Å². The molecule has 5 nitrogen and oxygen atoms in total. The molecule has 1 N–H and O–H groups in total. The monoisotopic (exact) mass is 327 g/mol. The maximum atomic E-state index is 11.0. The molecule has 1 heterocycles. The quantitative estimate of drug-likeness (QED) is 0.495. The summed E-state index contributed by atoms with van der Waals surface area (Å²) < 4.78 is 0.724. The molecule has 0 saturated carbocycles. The van der Waals surface area contributed by atoms with E-state index >= 15 is 0 Å². The number of nitro benzene ring substituents is 1. The molecule has 0 radical (unpaired) electrons. The molecule has 1 aliphatic heterocycles. The first-order chi connectivity index (χ1) is 9.16. The molecule has 104 valence electrons. The lowest BCUT2D eigenvalue weighted by Crippen LogP contribution is -2.22.